The van der Waals surface area contributed by atoms with Crippen molar-refractivity contribution in [3.63, 3.8) is 0 Å². The normalized spacial score (nSPS) is 16.5. The maximum Gasteiger partial charge on any atom is 0.255 e. The second kappa shape index (κ2) is 14.6. The summed E-state index contributed by atoms with van der Waals surface area (Å²) in [6.07, 6.45) is 10.5. The first-order valence-corrected chi connectivity index (χ1v) is 17.6. The molecule has 48 heavy (non-hydrogen) atoms. The first-order valence-electron chi connectivity index (χ1n) is 17.6. The van der Waals surface area contributed by atoms with Gasteiger partial charge in [-0.3, -0.25) is 19.5 Å². The van der Waals surface area contributed by atoms with Crippen LogP contribution in [-0.2, 0) is 31.2 Å². The Hall–Kier alpha value is -4.69. The summed E-state index contributed by atoms with van der Waals surface area (Å²) in [6.45, 7) is 4.10. The number of nitrogens with one attached hydrogen (secondary N) is 3. The molecular formula is C40H46N6O2. The molecule has 0 radical (unpaired) electrons. The van der Waals surface area contributed by atoms with Gasteiger partial charge in [-0.15, -0.1) is 0 Å². The number of carbonyl (C=O) groups excluding carboxylic acids is 2. The number of hydrogen-bond acceptors (Lipinski definition) is 5. The molecule has 1 saturated heterocycles. The fourth-order valence-electron chi connectivity index (χ4n) is 7.39. The maximum absolute atomic E-state index is 13.1. The fourth-order valence-corrected chi connectivity index (χ4v) is 7.39. The highest BCUT2D eigenvalue weighted by molar-refractivity contribution is 6.05. The third-order valence-electron chi connectivity index (χ3n) is 10.0. The van der Waals surface area contributed by atoms with Crippen LogP contribution in [0.4, 0.5) is 11.4 Å². The average molecular weight is 643 g/mol. The number of pyridine rings is 1. The van der Waals surface area contributed by atoms with Crippen LogP contribution in [0.15, 0.2) is 79.0 Å². The van der Waals surface area contributed by atoms with Crippen LogP contribution in [0, 0.1) is 5.92 Å². The summed E-state index contributed by atoms with van der Waals surface area (Å²) >= 11 is 0. The molecule has 3 N–H and O–H groups in total. The minimum atomic E-state index is -0.118. The average Bonchev–Trinajstić information content (AvgIpc) is 3.49. The van der Waals surface area contributed by atoms with Gasteiger partial charge in [-0.25, -0.2) is 0 Å². The molecule has 1 aliphatic heterocycles. The number of anilines is 2. The summed E-state index contributed by atoms with van der Waals surface area (Å²) in [5.74, 6) is 0.0632. The number of benzene rings is 3. The Bertz CT molecular complexity index is 1910. The number of piperidine rings is 1. The zero-order valence-corrected chi connectivity index (χ0v) is 27.9. The van der Waals surface area contributed by atoms with E-state index in [0.29, 0.717) is 12.1 Å². The zero-order chi connectivity index (χ0) is 32.9. The highest BCUT2D eigenvalue weighted by Crippen LogP contribution is 2.33. The lowest BCUT2D eigenvalue weighted by Gasteiger charge is -2.32. The number of amides is 2. The summed E-state index contributed by atoms with van der Waals surface area (Å²) in [5.41, 5.74) is 8.69. The molecule has 5 aromatic rings. The molecule has 1 aliphatic carbocycles. The SMILES string of the molecule is Cn1ccc2cc(NC(=O)c3ccc(CN4CCCC(C(=O)NCCCCNc5c6c(nc7ccccc57)CCCC6)C4)cc3)ccc21. The lowest BCUT2D eigenvalue weighted by Crippen LogP contribution is -2.42. The minimum Gasteiger partial charge on any atom is -0.384 e. The Labute approximate surface area is 282 Å². The van der Waals surface area contributed by atoms with Crippen LogP contribution in [0.3, 0.4) is 0 Å². The second-order valence-corrected chi connectivity index (χ2v) is 13.5. The van der Waals surface area contributed by atoms with Gasteiger partial charge in [0.1, 0.15) is 0 Å². The van der Waals surface area contributed by atoms with Gasteiger partial charge in [0.05, 0.1) is 11.4 Å². The van der Waals surface area contributed by atoms with Crippen molar-refractivity contribution >= 4 is 45.0 Å². The van der Waals surface area contributed by atoms with Gasteiger partial charge in [0.15, 0.2) is 0 Å². The molecule has 0 bridgehead atoms. The molecule has 2 aliphatic rings. The number of aromatic nitrogens is 2. The number of unbranched alkanes of at least 4 members (excludes halogenated alkanes) is 1. The Balaban J connectivity index is 0.845. The lowest BCUT2D eigenvalue weighted by atomic mass is 9.92. The predicted octanol–water partition coefficient (Wildman–Crippen LogP) is 7.08. The number of fused-ring (bicyclic) bond motifs is 3. The van der Waals surface area contributed by atoms with Gasteiger partial charge in [-0.05, 0) is 112 Å². The van der Waals surface area contributed by atoms with Crippen molar-refractivity contribution in [2.45, 2.75) is 57.9 Å². The fraction of sp³-hybridized carbons (Fsp3) is 0.375. The largest absolute Gasteiger partial charge is 0.384 e. The van der Waals surface area contributed by atoms with Crippen molar-refractivity contribution in [2.75, 3.05) is 36.8 Å². The van der Waals surface area contributed by atoms with Crippen LogP contribution in [0.5, 0.6) is 0 Å². The molecule has 0 saturated carbocycles. The molecule has 8 heteroatoms. The van der Waals surface area contributed by atoms with Crippen molar-refractivity contribution in [2.24, 2.45) is 13.0 Å². The van der Waals surface area contributed by atoms with Crippen LogP contribution >= 0.6 is 0 Å². The van der Waals surface area contributed by atoms with E-state index in [0.717, 1.165) is 92.4 Å². The molecule has 1 atom stereocenters. The number of likely N-dealkylation sites (tertiary alicyclic amines) is 1. The number of carbonyl (C=O) groups is 2. The molecule has 2 amide bonds. The van der Waals surface area contributed by atoms with Crippen molar-refractivity contribution in [3.8, 4) is 0 Å². The van der Waals surface area contributed by atoms with Crippen molar-refractivity contribution < 1.29 is 9.59 Å². The van der Waals surface area contributed by atoms with E-state index in [4.69, 9.17) is 4.98 Å². The molecule has 248 valence electrons. The first-order chi connectivity index (χ1) is 23.5. The van der Waals surface area contributed by atoms with Crippen molar-refractivity contribution in [3.05, 3.63) is 101 Å². The van der Waals surface area contributed by atoms with E-state index in [9.17, 15) is 9.59 Å². The van der Waals surface area contributed by atoms with E-state index in [1.54, 1.807) is 0 Å². The van der Waals surface area contributed by atoms with E-state index in [-0.39, 0.29) is 17.7 Å². The molecular weight excluding hydrogens is 596 g/mol. The third-order valence-corrected chi connectivity index (χ3v) is 10.0. The lowest BCUT2D eigenvalue weighted by molar-refractivity contribution is -0.126. The van der Waals surface area contributed by atoms with Crippen molar-refractivity contribution in [1.82, 2.24) is 19.8 Å². The van der Waals surface area contributed by atoms with Crippen LogP contribution in [0.25, 0.3) is 21.8 Å². The summed E-state index contributed by atoms with van der Waals surface area (Å²) < 4.78 is 2.06. The van der Waals surface area contributed by atoms with Gasteiger partial charge in [-0.1, -0.05) is 30.3 Å². The summed E-state index contributed by atoms with van der Waals surface area (Å²) in [6, 6.07) is 24.3. The van der Waals surface area contributed by atoms with Crippen LogP contribution in [-0.4, -0.2) is 52.4 Å². The standard InChI is InChI=1S/C40H46N6O2/c1-45-24-20-30-25-32(18-19-37(30)45)43-40(48)29-16-14-28(15-17-29)26-46-23-8-9-31(27-46)39(47)42-22-7-6-21-41-38-33-10-2-4-12-35(33)44-36-13-5-3-11-34(36)38/h2,4,10,12,14-20,24-25,31H,3,5-9,11,13,21-23,26-27H2,1H3,(H,41,44)(H,42,47)(H,43,48). The summed E-state index contributed by atoms with van der Waals surface area (Å²) in [7, 11) is 2.01. The highest BCUT2D eigenvalue weighted by atomic mass is 16.2. The summed E-state index contributed by atoms with van der Waals surface area (Å²) in [5, 5.41) is 12.3. The predicted molar refractivity (Wildman–Crippen MR) is 194 cm³/mol. The van der Waals surface area contributed by atoms with Crippen molar-refractivity contribution in [1.29, 1.82) is 0 Å². The van der Waals surface area contributed by atoms with Crippen LogP contribution in [0.2, 0.25) is 0 Å². The molecule has 3 aromatic carbocycles. The Morgan fingerprint density at radius 1 is 0.917 bits per heavy atom. The Morgan fingerprint density at radius 3 is 2.65 bits per heavy atom. The zero-order valence-electron chi connectivity index (χ0n) is 27.9. The monoisotopic (exact) mass is 642 g/mol. The van der Waals surface area contributed by atoms with E-state index >= 15 is 0 Å². The van der Waals surface area contributed by atoms with Gasteiger partial charge in [0.25, 0.3) is 5.91 Å². The van der Waals surface area contributed by atoms with Crippen LogP contribution < -0.4 is 16.0 Å². The second-order valence-electron chi connectivity index (χ2n) is 13.5. The van der Waals surface area contributed by atoms with Crippen LogP contribution in [0.1, 0.15) is 65.7 Å². The smallest absolute Gasteiger partial charge is 0.255 e. The third kappa shape index (κ3) is 7.24. The molecule has 3 heterocycles. The molecule has 7 rings (SSSR count). The van der Waals surface area contributed by atoms with Gasteiger partial charge in [-0.2, -0.15) is 0 Å². The van der Waals surface area contributed by atoms with E-state index in [2.05, 4.69) is 49.7 Å². The van der Waals surface area contributed by atoms with E-state index in [1.807, 2.05) is 61.8 Å². The Morgan fingerprint density at radius 2 is 1.75 bits per heavy atom. The van der Waals surface area contributed by atoms with Gasteiger partial charge in [0, 0.05) is 78.3 Å². The van der Waals surface area contributed by atoms with Gasteiger partial charge >= 0.3 is 0 Å². The molecule has 8 nitrogen and oxygen atoms in total. The van der Waals surface area contributed by atoms with Gasteiger partial charge < -0.3 is 20.5 Å². The van der Waals surface area contributed by atoms with E-state index < -0.39 is 0 Å². The number of para-hydroxylation sites is 1. The van der Waals surface area contributed by atoms with E-state index in [1.165, 1.54) is 35.2 Å². The Kier molecular flexibility index (Phi) is 9.70. The molecule has 2 aromatic heterocycles. The number of hydrogen-bond donors (Lipinski definition) is 3. The highest BCUT2D eigenvalue weighted by Gasteiger charge is 2.25. The number of rotatable bonds is 11. The molecule has 1 unspecified atom stereocenters. The topological polar surface area (TPSA) is 91.3 Å². The number of nitrogens with zero attached hydrogens (tertiary/aromatic N) is 3. The minimum absolute atomic E-state index is 0.0126. The maximum atomic E-state index is 13.1. The van der Waals surface area contributed by atoms with Gasteiger partial charge in [0.2, 0.25) is 5.91 Å². The quantitative estimate of drug-likeness (QED) is 0.134. The number of aryl methyl sites for hydroxylation is 2. The first kappa shape index (κ1) is 31.9. The summed E-state index contributed by atoms with van der Waals surface area (Å²) in [4.78, 5) is 33.3. The molecule has 0 spiro atoms. The molecule has 1 fully saturated rings.